The Morgan fingerprint density at radius 1 is 1.31 bits per heavy atom. The molecule has 0 spiro atoms. The summed E-state index contributed by atoms with van der Waals surface area (Å²) in [5.41, 5.74) is 2.23. The third kappa shape index (κ3) is 5.22. The molecule has 0 aliphatic carbocycles. The summed E-state index contributed by atoms with van der Waals surface area (Å²) in [6, 6.07) is 0. The molecule has 1 nitrogen and oxygen atoms in total. The fraction of sp³-hybridized carbons (Fsp3) is 0.500. The minimum absolute atomic E-state index is 0.868. The molecule has 0 atom stereocenters. The van der Waals surface area contributed by atoms with Gasteiger partial charge in [-0.1, -0.05) is 0 Å². The number of hydrogen-bond acceptors (Lipinski definition) is 1. The molecular formula is C10H17FNRu. The van der Waals surface area contributed by atoms with E-state index in [0.717, 1.165) is 12.1 Å². The standard InChI is InChI=1S/C10H17N.FH.Ru/c1-6-9(3)10(7-2)8-11(4)5;;/h3,6-7H,8H2,1-2,4-5H3;1H;/q;;+1/p-1/b9-6-,10-7-;;. The molecule has 0 aliphatic rings. The summed E-state index contributed by atoms with van der Waals surface area (Å²) in [5.74, 6) is 0. The maximum atomic E-state index is 12.2. The van der Waals surface area contributed by atoms with Crippen molar-refractivity contribution in [2.75, 3.05) is 20.6 Å². The van der Waals surface area contributed by atoms with Crippen LogP contribution in [0.1, 0.15) is 13.8 Å². The van der Waals surface area contributed by atoms with Crippen molar-refractivity contribution >= 4 is 4.61 Å². The van der Waals surface area contributed by atoms with E-state index in [1.165, 1.54) is 5.57 Å². The summed E-state index contributed by atoms with van der Waals surface area (Å²) in [6.45, 7) is 4.80. The molecule has 0 fully saturated rings. The molecule has 0 radical (unpaired) electrons. The molecule has 0 saturated carbocycles. The monoisotopic (exact) mass is 272 g/mol. The van der Waals surface area contributed by atoms with Crippen LogP contribution < -0.4 is 0 Å². The van der Waals surface area contributed by atoms with Crippen LogP contribution in [0, 0.1) is 0 Å². The zero-order valence-electron chi connectivity index (χ0n) is 8.62. The van der Waals surface area contributed by atoms with Gasteiger partial charge in [0.15, 0.2) is 0 Å². The summed E-state index contributed by atoms with van der Waals surface area (Å²) in [6.07, 6.45) is 4.01. The van der Waals surface area contributed by atoms with Crippen molar-refractivity contribution in [2.45, 2.75) is 13.8 Å². The van der Waals surface area contributed by atoms with Gasteiger partial charge in [0.05, 0.1) is 0 Å². The number of rotatable bonds is 4. The third-order valence-corrected chi connectivity index (χ3v) is 2.40. The van der Waals surface area contributed by atoms with Gasteiger partial charge in [0.2, 0.25) is 0 Å². The van der Waals surface area contributed by atoms with Crippen LogP contribution in [0.4, 0.5) is 3.32 Å². The molecule has 0 unspecified atom stereocenters. The average molecular weight is 271 g/mol. The Morgan fingerprint density at radius 3 is 2.23 bits per heavy atom. The molecule has 0 saturated heterocycles. The van der Waals surface area contributed by atoms with Crippen LogP contribution in [0.5, 0.6) is 0 Å². The second-order valence-electron chi connectivity index (χ2n) is 2.97. The van der Waals surface area contributed by atoms with Gasteiger partial charge in [-0.15, -0.1) is 0 Å². The summed E-state index contributed by atoms with van der Waals surface area (Å²) in [5, 5.41) is 0. The van der Waals surface area contributed by atoms with Crippen LogP contribution in [-0.2, 0) is 17.2 Å². The van der Waals surface area contributed by atoms with E-state index in [9.17, 15) is 3.32 Å². The molecule has 0 rings (SSSR count). The fourth-order valence-electron chi connectivity index (χ4n) is 1.04. The molecule has 77 valence electrons. The van der Waals surface area contributed by atoms with Gasteiger partial charge >= 0.3 is 87.8 Å². The Balaban J connectivity index is 4.57. The van der Waals surface area contributed by atoms with E-state index in [1.807, 2.05) is 40.1 Å². The van der Waals surface area contributed by atoms with E-state index in [4.69, 9.17) is 0 Å². The van der Waals surface area contributed by atoms with E-state index in [2.05, 4.69) is 4.90 Å². The Morgan fingerprint density at radius 2 is 1.92 bits per heavy atom. The number of nitrogens with zero attached hydrogens (tertiary/aromatic N) is 1. The second kappa shape index (κ2) is 7.28. The molecule has 0 aromatic carbocycles. The van der Waals surface area contributed by atoms with Crippen LogP contribution >= 0.6 is 0 Å². The van der Waals surface area contributed by atoms with Gasteiger partial charge in [0.1, 0.15) is 0 Å². The van der Waals surface area contributed by atoms with Crippen molar-refractivity contribution in [1.29, 1.82) is 0 Å². The Bertz CT molecular complexity index is 229. The fourth-order valence-corrected chi connectivity index (χ4v) is 1.86. The van der Waals surface area contributed by atoms with Crippen molar-refractivity contribution in [3.63, 3.8) is 0 Å². The molecule has 0 bridgehead atoms. The molecule has 0 N–H and O–H groups in total. The summed E-state index contributed by atoms with van der Waals surface area (Å²) >= 11 is -1.10. The van der Waals surface area contributed by atoms with Gasteiger partial charge in [-0.2, -0.15) is 0 Å². The van der Waals surface area contributed by atoms with Crippen molar-refractivity contribution < 1.29 is 20.5 Å². The van der Waals surface area contributed by atoms with Gasteiger partial charge in [-0.3, -0.25) is 0 Å². The Labute approximate surface area is 88.0 Å². The quantitative estimate of drug-likeness (QED) is 0.560. The summed E-state index contributed by atoms with van der Waals surface area (Å²) in [7, 11) is 4.03. The SMILES string of the molecule is C/C=C([CH]=[Ru][F])\C(=C/C)CN(C)C. The first-order valence-corrected chi connectivity index (χ1v) is 5.83. The molecule has 13 heavy (non-hydrogen) atoms. The number of likely N-dealkylation sites (N-methyl/N-ethyl adjacent to an activating group) is 1. The molecule has 0 aliphatic heterocycles. The minimum atomic E-state index is -1.10. The third-order valence-electron chi connectivity index (χ3n) is 1.67. The van der Waals surface area contributed by atoms with Crippen molar-refractivity contribution in [3.8, 4) is 0 Å². The molecule has 0 aromatic rings. The van der Waals surface area contributed by atoms with Gasteiger partial charge in [-0.25, -0.2) is 0 Å². The Kier molecular flexibility index (Phi) is 7.21. The van der Waals surface area contributed by atoms with Crippen molar-refractivity contribution in [2.24, 2.45) is 0 Å². The average Bonchev–Trinajstić information content (AvgIpc) is 2.10. The van der Waals surface area contributed by atoms with Crippen LogP contribution in [0.3, 0.4) is 0 Å². The molecule has 0 aromatic heterocycles. The summed E-state index contributed by atoms with van der Waals surface area (Å²) < 4.78 is 13.9. The van der Waals surface area contributed by atoms with E-state index in [-0.39, 0.29) is 0 Å². The van der Waals surface area contributed by atoms with Gasteiger partial charge in [0, 0.05) is 0 Å². The number of hydrogen-bond donors (Lipinski definition) is 0. The predicted octanol–water partition coefficient (Wildman–Crippen LogP) is 2.21. The zero-order valence-corrected chi connectivity index (χ0v) is 10.4. The van der Waals surface area contributed by atoms with Crippen LogP contribution in [0.25, 0.3) is 0 Å². The first kappa shape index (κ1) is 12.9. The molecule has 3 heteroatoms. The van der Waals surface area contributed by atoms with Crippen LogP contribution in [-0.4, -0.2) is 30.1 Å². The topological polar surface area (TPSA) is 3.24 Å². The van der Waals surface area contributed by atoms with Gasteiger partial charge < -0.3 is 0 Å². The first-order chi connectivity index (χ1) is 6.15. The first-order valence-electron chi connectivity index (χ1n) is 4.17. The normalized spacial score (nSPS) is 15.2. The molecule has 0 heterocycles. The van der Waals surface area contributed by atoms with Gasteiger partial charge in [0.25, 0.3) is 0 Å². The van der Waals surface area contributed by atoms with Crippen molar-refractivity contribution in [1.82, 2.24) is 4.90 Å². The predicted molar refractivity (Wildman–Crippen MR) is 53.2 cm³/mol. The van der Waals surface area contributed by atoms with Crippen LogP contribution in [0.2, 0.25) is 0 Å². The zero-order chi connectivity index (χ0) is 10.3. The second-order valence-corrected chi connectivity index (χ2v) is 3.86. The number of halogens is 1. The van der Waals surface area contributed by atoms with Crippen LogP contribution in [0.15, 0.2) is 23.3 Å². The Hall–Kier alpha value is -0.137. The summed E-state index contributed by atoms with van der Waals surface area (Å²) in [4.78, 5) is 2.08. The van der Waals surface area contributed by atoms with E-state index >= 15 is 0 Å². The molecular weight excluding hydrogens is 254 g/mol. The van der Waals surface area contributed by atoms with E-state index < -0.39 is 17.2 Å². The van der Waals surface area contributed by atoms with Crippen molar-refractivity contribution in [3.05, 3.63) is 23.3 Å². The molecule has 0 amide bonds. The number of allylic oxidation sites excluding steroid dienone is 2. The van der Waals surface area contributed by atoms with Gasteiger partial charge in [-0.05, 0) is 0 Å². The maximum absolute atomic E-state index is 12.2. The van der Waals surface area contributed by atoms with E-state index in [0.29, 0.717) is 0 Å². The van der Waals surface area contributed by atoms with E-state index in [1.54, 1.807) is 4.61 Å².